The number of nitrogens with two attached hydrogens (primary N) is 1. The van der Waals surface area contributed by atoms with Gasteiger partial charge in [-0.25, -0.2) is 9.78 Å². The molecule has 0 atom stereocenters. The number of carbonyl (C=O) groups is 1. The number of anilines is 2. The maximum absolute atomic E-state index is 11.9. The van der Waals surface area contributed by atoms with Crippen molar-refractivity contribution in [2.75, 3.05) is 30.9 Å². The molecular weight excluding hydrogens is 246 g/mol. The van der Waals surface area contributed by atoms with Gasteiger partial charge in [-0.2, -0.15) is 0 Å². The number of nitrogens with zero attached hydrogens (tertiary/aromatic N) is 1. The molecule has 2 heterocycles. The highest BCUT2D eigenvalue weighted by atomic mass is 16.5. The molecule has 0 amide bonds. The molecule has 2 rings (SSSR count). The summed E-state index contributed by atoms with van der Waals surface area (Å²) < 4.78 is 10.3. The molecule has 3 N–H and O–H groups in total. The summed E-state index contributed by atoms with van der Waals surface area (Å²) in [6, 6.07) is 1.85. The number of nitrogens with one attached hydrogen (secondary N) is 1. The van der Waals surface area contributed by atoms with E-state index in [1.54, 1.807) is 13.0 Å². The smallest absolute Gasteiger partial charge is 0.341 e. The number of esters is 1. The van der Waals surface area contributed by atoms with Crippen molar-refractivity contribution in [3.8, 4) is 0 Å². The zero-order valence-electron chi connectivity index (χ0n) is 11.0. The highest BCUT2D eigenvalue weighted by molar-refractivity contribution is 5.95. The molecule has 104 valence electrons. The molecule has 1 aromatic heterocycles. The SMILES string of the molecule is CCOC(=O)c1cc(N)cnc1NC1CCOCC1. The van der Waals surface area contributed by atoms with Crippen LogP contribution in [0.2, 0.25) is 0 Å². The molecule has 0 radical (unpaired) electrons. The molecule has 19 heavy (non-hydrogen) atoms. The Hall–Kier alpha value is -1.82. The third kappa shape index (κ3) is 3.57. The van der Waals surface area contributed by atoms with Crippen LogP contribution in [0.4, 0.5) is 11.5 Å². The average Bonchev–Trinajstić information content (AvgIpc) is 2.42. The van der Waals surface area contributed by atoms with Gasteiger partial charge in [0.15, 0.2) is 0 Å². The van der Waals surface area contributed by atoms with E-state index >= 15 is 0 Å². The number of carbonyl (C=O) groups excluding carboxylic acids is 1. The van der Waals surface area contributed by atoms with Crippen molar-refractivity contribution in [3.63, 3.8) is 0 Å². The Balaban J connectivity index is 2.15. The standard InChI is InChI=1S/C13H19N3O3/c1-2-19-13(17)11-7-9(14)8-15-12(11)16-10-3-5-18-6-4-10/h7-8,10H,2-6,14H2,1H3,(H,15,16). The van der Waals surface area contributed by atoms with Crippen molar-refractivity contribution < 1.29 is 14.3 Å². The maximum atomic E-state index is 11.9. The van der Waals surface area contributed by atoms with Crippen molar-refractivity contribution in [1.29, 1.82) is 0 Å². The predicted octanol–water partition coefficient (Wildman–Crippen LogP) is 1.43. The highest BCUT2D eigenvalue weighted by Crippen LogP contribution is 2.20. The van der Waals surface area contributed by atoms with E-state index in [1.165, 1.54) is 6.20 Å². The summed E-state index contributed by atoms with van der Waals surface area (Å²) >= 11 is 0. The van der Waals surface area contributed by atoms with E-state index < -0.39 is 5.97 Å². The van der Waals surface area contributed by atoms with E-state index in [0.29, 0.717) is 23.7 Å². The lowest BCUT2D eigenvalue weighted by atomic mass is 10.1. The Kier molecular flexibility index (Phi) is 4.57. The second-order valence-electron chi connectivity index (χ2n) is 4.42. The summed E-state index contributed by atoms with van der Waals surface area (Å²) in [5.41, 5.74) is 6.50. The molecule has 0 unspecified atom stereocenters. The lowest BCUT2D eigenvalue weighted by molar-refractivity contribution is 0.0527. The van der Waals surface area contributed by atoms with Crippen LogP contribution in [0.25, 0.3) is 0 Å². The minimum absolute atomic E-state index is 0.262. The first kappa shape index (κ1) is 13.6. The summed E-state index contributed by atoms with van der Waals surface area (Å²) in [4.78, 5) is 16.1. The van der Waals surface area contributed by atoms with Crippen LogP contribution in [-0.4, -0.2) is 36.8 Å². The Labute approximate surface area is 112 Å². The third-order valence-electron chi connectivity index (χ3n) is 2.97. The van der Waals surface area contributed by atoms with E-state index in [0.717, 1.165) is 26.1 Å². The molecule has 0 saturated carbocycles. The predicted molar refractivity (Wildman–Crippen MR) is 72.1 cm³/mol. The van der Waals surface area contributed by atoms with Crippen LogP contribution in [0.3, 0.4) is 0 Å². The van der Waals surface area contributed by atoms with E-state index in [-0.39, 0.29) is 6.04 Å². The van der Waals surface area contributed by atoms with Crippen molar-refractivity contribution in [1.82, 2.24) is 4.98 Å². The summed E-state index contributed by atoms with van der Waals surface area (Å²) in [6.07, 6.45) is 3.33. The molecule has 0 aliphatic carbocycles. The second kappa shape index (κ2) is 6.38. The fraction of sp³-hybridized carbons (Fsp3) is 0.538. The Morgan fingerprint density at radius 2 is 2.32 bits per heavy atom. The van der Waals surface area contributed by atoms with Gasteiger partial charge < -0.3 is 20.5 Å². The van der Waals surface area contributed by atoms with Gasteiger partial charge in [0, 0.05) is 19.3 Å². The zero-order valence-corrected chi connectivity index (χ0v) is 11.0. The monoisotopic (exact) mass is 265 g/mol. The van der Waals surface area contributed by atoms with Gasteiger partial charge in [-0.3, -0.25) is 0 Å². The normalized spacial score (nSPS) is 16.1. The van der Waals surface area contributed by atoms with Crippen LogP contribution >= 0.6 is 0 Å². The topological polar surface area (TPSA) is 86.5 Å². The summed E-state index contributed by atoms with van der Waals surface area (Å²) in [7, 11) is 0. The molecule has 1 aromatic rings. The fourth-order valence-electron chi connectivity index (χ4n) is 2.00. The van der Waals surface area contributed by atoms with Crippen molar-refractivity contribution in [2.24, 2.45) is 0 Å². The van der Waals surface area contributed by atoms with Gasteiger partial charge in [-0.1, -0.05) is 0 Å². The first-order valence-electron chi connectivity index (χ1n) is 6.47. The lowest BCUT2D eigenvalue weighted by Gasteiger charge is -2.24. The van der Waals surface area contributed by atoms with Gasteiger partial charge in [0.2, 0.25) is 0 Å². The Morgan fingerprint density at radius 1 is 1.58 bits per heavy atom. The first-order chi connectivity index (χ1) is 9.20. The van der Waals surface area contributed by atoms with Crippen LogP contribution in [-0.2, 0) is 9.47 Å². The Bertz CT molecular complexity index is 445. The molecule has 0 spiro atoms. The number of nitrogen functional groups attached to an aromatic ring is 1. The molecular formula is C13H19N3O3. The minimum Gasteiger partial charge on any atom is -0.462 e. The number of pyridine rings is 1. The maximum Gasteiger partial charge on any atom is 0.341 e. The first-order valence-corrected chi connectivity index (χ1v) is 6.47. The number of hydrogen-bond acceptors (Lipinski definition) is 6. The molecule has 1 saturated heterocycles. The molecule has 1 aliphatic rings. The van der Waals surface area contributed by atoms with Crippen LogP contribution in [0, 0.1) is 0 Å². The second-order valence-corrected chi connectivity index (χ2v) is 4.42. The summed E-state index contributed by atoms with van der Waals surface area (Å²) in [6.45, 7) is 3.54. The van der Waals surface area contributed by atoms with E-state index in [4.69, 9.17) is 15.2 Å². The molecule has 6 heteroatoms. The fourth-order valence-corrected chi connectivity index (χ4v) is 2.00. The molecule has 1 aliphatic heterocycles. The Morgan fingerprint density at radius 3 is 3.00 bits per heavy atom. The molecule has 6 nitrogen and oxygen atoms in total. The number of ether oxygens (including phenoxy) is 2. The quantitative estimate of drug-likeness (QED) is 0.801. The number of aromatic nitrogens is 1. The number of hydrogen-bond donors (Lipinski definition) is 2. The van der Waals surface area contributed by atoms with Crippen molar-refractivity contribution in [3.05, 3.63) is 17.8 Å². The molecule has 1 fully saturated rings. The van der Waals surface area contributed by atoms with E-state index in [1.807, 2.05) is 0 Å². The zero-order chi connectivity index (χ0) is 13.7. The van der Waals surface area contributed by atoms with Gasteiger partial charge >= 0.3 is 5.97 Å². The van der Waals surface area contributed by atoms with E-state index in [2.05, 4.69) is 10.3 Å². The van der Waals surface area contributed by atoms with Crippen LogP contribution in [0.5, 0.6) is 0 Å². The number of rotatable bonds is 4. The van der Waals surface area contributed by atoms with Crippen LogP contribution < -0.4 is 11.1 Å². The van der Waals surface area contributed by atoms with Gasteiger partial charge in [-0.15, -0.1) is 0 Å². The average molecular weight is 265 g/mol. The third-order valence-corrected chi connectivity index (χ3v) is 2.97. The van der Waals surface area contributed by atoms with Crippen LogP contribution in [0.15, 0.2) is 12.3 Å². The summed E-state index contributed by atoms with van der Waals surface area (Å²) in [5, 5.41) is 3.27. The molecule has 0 bridgehead atoms. The summed E-state index contributed by atoms with van der Waals surface area (Å²) in [5.74, 6) is 0.122. The van der Waals surface area contributed by atoms with Gasteiger partial charge in [0.05, 0.1) is 18.5 Å². The molecule has 0 aromatic carbocycles. The van der Waals surface area contributed by atoms with Gasteiger partial charge in [0.25, 0.3) is 0 Å². The lowest BCUT2D eigenvalue weighted by Crippen LogP contribution is -2.29. The largest absolute Gasteiger partial charge is 0.462 e. The van der Waals surface area contributed by atoms with Gasteiger partial charge in [0.1, 0.15) is 11.4 Å². The van der Waals surface area contributed by atoms with Crippen molar-refractivity contribution >= 4 is 17.5 Å². The minimum atomic E-state index is -0.406. The van der Waals surface area contributed by atoms with E-state index in [9.17, 15) is 4.79 Å². The van der Waals surface area contributed by atoms with Crippen LogP contribution in [0.1, 0.15) is 30.1 Å². The highest BCUT2D eigenvalue weighted by Gasteiger charge is 2.19. The van der Waals surface area contributed by atoms with Crippen molar-refractivity contribution in [2.45, 2.75) is 25.8 Å². The van der Waals surface area contributed by atoms with Gasteiger partial charge in [-0.05, 0) is 25.8 Å².